The number of amides is 1. The Hall–Kier alpha value is -4.98. The van der Waals surface area contributed by atoms with E-state index in [0.29, 0.717) is 22.8 Å². The van der Waals surface area contributed by atoms with E-state index in [-0.39, 0.29) is 25.6 Å². The molecule has 4 aromatic rings. The lowest BCUT2D eigenvalue weighted by molar-refractivity contribution is -0.139. The maximum atomic E-state index is 12.9. The number of ether oxygens (including phenoxy) is 4. The van der Waals surface area contributed by atoms with Gasteiger partial charge >= 0.3 is 12.1 Å². The van der Waals surface area contributed by atoms with E-state index in [1.807, 2.05) is 66.7 Å². The highest BCUT2D eigenvalue weighted by Crippen LogP contribution is 2.44. The van der Waals surface area contributed by atoms with Crippen molar-refractivity contribution in [2.75, 3.05) is 20.8 Å². The van der Waals surface area contributed by atoms with Crippen molar-refractivity contribution < 1.29 is 33.6 Å². The van der Waals surface area contributed by atoms with Crippen molar-refractivity contribution in [1.29, 1.82) is 0 Å². The Kier molecular flexibility index (Phi) is 8.39. The summed E-state index contributed by atoms with van der Waals surface area (Å²) < 4.78 is 22.5. The van der Waals surface area contributed by atoms with Gasteiger partial charge in [-0.25, -0.2) is 9.59 Å². The van der Waals surface area contributed by atoms with Crippen LogP contribution in [0, 0.1) is 0 Å². The van der Waals surface area contributed by atoms with Gasteiger partial charge in [-0.15, -0.1) is 0 Å². The number of aliphatic carboxylic acids is 1. The van der Waals surface area contributed by atoms with Crippen LogP contribution in [-0.4, -0.2) is 44.0 Å². The van der Waals surface area contributed by atoms with E-state index >= 15 is 0 Å². The van der Waals surface area contributed by atoms with Crippen LogP contribution in [-0.2, 0) is 22.6 Å². The average molecular weight is 554 g/mol. The first-order chi connectivity index (χ1) is 20.0. The second-order valence-electron chi connectivity index (χ2n) is 9.65. The summed E-state index contributed by atoms with van der Waals surface area (Å²) in [7, 11) is 3.01. The molecule has 2 N–H and O–H groups in total. The number of carbonyl (C=O) groups excluding carboxylic acids is 1. The third-order valence-electron chi connectivity index (χ3n) is 7.16. The Morgan fingerprint density at radius 3 is 2.00 bits per heavy atom. The molecule has 0 bridgehead atoms. The minimum Gasteiger partial charge on any atom is -0.493 e. The van der Waals surface area contributed by atoms with Crippen LogP contribution in [0.5, 0.6) is 17.2 Å². The summed E-state index contributed by atoms with van der Waals surface area (Å²) in [4.78, 5) is 25.1. The molecule has 210 valence electrons. The molecule has 0 heterocycles. The van der Waals surface area contributed by atoms with Crippen molar-refractivity contribution in [2.45, 2.75) is 25.0 Å². The number of carboxylic acid groups (broad SMARTS) is 1. The molecule has 1 amide bonds. The van der Waals surface area contributed by atoms with Gasteiger partial charge in [0, 0.05) is 24.0 Å². The minimum atomic E-state index is -1.28. The molecule has 0 saturated carbocycles. The summed E-state index contributed by atoms with van der Waals surface area (Å²) in [6, 6.07) is 27.7. The predicted molar refractivity (Wildman–Crippen MR) is 154 cm³/mol. The minimum absolute atomic E-state index is 0.0655. The monoisotopic (exact) mass is 553 g/mol. The number of hydrogen-bond acceptors (Lipinski definition) is 6. The van der Waals surface area contributed by atoms with Crippen LogP contribution in [0.3, 0.4) is 0 Å². The third kappa shape index (κ3) is 6.11. The fourth-order valence-electron chi connectivity index (χ4n) is 5.13. The summed E-state index contributed by atoms with van der Waals surface area (Å²) in [6.45, 7) is 0.342. The standard InChI is InChI=1S/C33H31NO7/c1-38-30-17-22(29(18-31(30)39-2)40-19-21-10-4-3-5-11-21)16-28(32(35)36)34-33(37)41-20-27-25-14-8-6-12-23(25)24-13-7-9-15-26(24)27/h3-15,17-18,27-28H,16,19-20H2,1-2H3,(H,34,37)(H,35,36). The molecule has 0 aromatic heterocycles. The Bertz CT molecular complexity index is 1490. The van der Waals surface area contributed by atoms with Crippen molar-refractivity contribution in [3.63, 3.8) is 0 Å². The molecule has 0 radical (unpaired) electrons. The molecule has 1 aliphatic rings. The van der Waals surface area contributed by atoms with E-state index in [1.54, 1.807) is 12.1 Å². The highest BCUT2D eigenvalue weighted by Gasteiger charge is 2.30. The van der Waals surface area contributed by atoms with Crippen LogP contribution in [0.15, 0.2) is 91.0 Å². The number of nitrogens with one attached hydrogen (secondary N) is 1. The molecule has 1 unspecified atom stereocenters. The van der Waals surface area contributed by atoms with E-state index in [9.17, 15) is 14.7 Å². The van der Waals surface area contributed by atoms with Gasteiger partial charge in [0.15, 0.2) is 11.5 Å². The molecular formula is C33H31NO7. The van der Waals surface area contributed by atoms with Gasteiger partial charge < -0.3 is 29.4 Å². The van der Waals surface area contributed by atoms with Crippen LogP contribution in [0.1, 0.15) is 28.2 Å². The quantitative estimate of drug-likeness (QED) is 0.241. The van der Waals surface area contributed by atoms with E-state index in [0.717, 1.165) is 27.8 Å². The number of fused-ring (bicyclic) bond motifs is 3. The second-order valence-corrected chi connectivity index (χ2v) is 9.65. The van der Waals surface area contributed by atoms with Crippen molar-refractivity contribution in [1.82, 2.24) is 5.32 Å². The van der Waals surface area contributed by atoms with Gasteiger partial charge in [0.2, 0.25) is 0 Å². The molecule has 8 nitrogen and oxygen atoms in total. The van der Waals surface area contributed by atoms with Crippen molar-refractivity contribution in [3.05, 3.63) is 113 Å². The maximum absolute atomic E-state index is 12.9. The van der Waals surface area contributed by atoms with E-state index in [2.05, 4.69) is 17.4 Å². The molecule has 0 spiro atoms. The molecule has 1 aliphatic carbocycles. The fourth-order valence-corrected chi connectivity index (χ4v) is 5.13. The predicted octanol–water partition coefficient (Wildman–Crippen LogP) is 5.82. The summed E-state index contributed by atoms with van der Waals surface area (Å²) >= 11 is 0. The van der Waals surface area contributed by atoms with Gasteiger partial charge in [0.1, 0.15) is 25.0 Å². The average Bonchev–Trinajstić information content (AvgIpc) is 3.32. The number of rotatable bonds is 11. The number of alkyl carbamates (subject to hydrolysis) is 1. The van der Waals surface area contributed by atoms with Crippen LogP contribution in [0.4, 0.5) is 4.79 Å². The highest BCUT2D eigenvalue weighted by atomic mass is 16.5. The smallest absolute Gasteiger partial charge is 0.407 e. The molecule has 4 aromatic carbocycles. The molecule has 5 rings (SSSR count). The Balaban J connectivity index is 1.30. The highest BCUT2D eigenvalue weighted by molar-refractivity contribution is 5.81. The second kappa shape index (κ2) is 12.5. The number of methoxy groups -OCH3 is 2. The summed E-state index contributed by atoms with van der Waals surface area (Å²) in [5.41, 5.74) is 5.84. The van der Waals surface area contributed by atoms with Crippen LogP contribution < -0.4 is 19.5 Å². The molecule has 41 heavy (non-hydrogen) atoms. The Morgan fingerprint density at radius 2 is 1.39 bits per heavy atom. The van der Waals surface area contributed by atoms with Crippen LogP contribution in [0.2, 0.25) is 0 Å². The van der Waals surface area contributed by atoms with Gasteiger partial charge in [-0.3, -0.25) is 0 Å². The zero-order valence-corrected chi connectivity index (χ0v) is 22.8. The van der Waals surface area contributed by atoms with E-state index in [1.165, 1.54) is 14.2 Å². The summed E-state index contributed by atoms with van der Waals surface area (Å²) in [5.74, 6) is -0.0646. The number of benzene rings is 4. The molecule has 8 heteroatoms. The molecule has 0 aliphatic heterocycles. The molecular weight excluding hydrogens is 522 g/mol. The van der Waals surface area contributed by atoms with E-state index < -0.39 is 18.1 Å². The van der Waals surface area contributed by atoms with Crippen LogP contribution in [0.25, 0.3) is 11.1 Å². The largest absolute Gasteiger partial charge is 0.493 e. The SMILES string of the molecule is COc1cc(CC(NC(=O)OCC2c3ccccc3-c3ccccc32)C(=O)O)c(OCc2ccccc2)cc1OC. The normalized spacial score (nSPS) is 12.5. The van der Waals surface area contributed by atoms with Crippen molar-refractivity contribution >= 4 is 12.1 Å². The summed E-state index contributed by atoms with van der Waals surface area (Å²) in [6.07, 6.45) is -0.879. The lowest BCUT2D eigenvalue weighted by Gasteiger charge is -2.20. The maximum Gasteiger partial charge on any atom is 0.407 e. The van der Waals surface area contributed by atoms with Gasteiger partial charge in [-0.1, -0.05) is 78.9 Å². The van der Waals surface area contributed by atoms with Crippen LogP contribution >= 0.6 is 0 Å². The summed E-state index contributed by atoms with van der Waals surface area (Å²) in [5, 5.41) is 12.5. The number of carbonyl (C=O) groups is 2. The topological polar surface area (TPSA) is 103 Å². The zero-order chi connectivity index (χ0) is 28.8. The van der Waals surface area contributed by atoms with E-state index in [4.69, 9.17) is 18.9 Å². The zero-order valence-electron chi connectivity index (χ0n) is 22.8. The first-order valence-corrected chi connectivity index (χ1v) is 13.2. The number of hydrogen-bond donors (Lipinski definition) is 2. The van der Waals surface area contributed by atoms with Gasteiger partial charge in [-0.05, 0) is 33.9 Å². The van der Waals surface area contributed by atoms with Gasteiger partial charge in [-0.2, -0.15) is 0 Å². The fraction of sp³-hybridized carbons (Fsp3) is 0.212. The first kappa shape index (κ1) is 27.6. The lowest BCUT2D eigenvalue weighted by Crippen LogP contribution is -2.43. The molecule has 0 saturated heterocycles. The molecule has 1 atom stereocenters. The van der Waals surface area contributed by atoms with Gasteiger partial charge in [0.25, 0.3) is 0 Å². The van der Waals surface area contributed by atoms with Crippen molar-refractivity contribution in [2.24, 2.45) is 0 Å². The lowest BCUT2D eigenvalue weighted by atomic mass is 9.98. The van der Waals surface area contributed by atoms with Crippen molar-refractivity contribution in [3.8, 4) is 28.4 Å². The first-order valence-electron chi connectivity index (χ1n) is 13.2. The third-order valence-corrected chi connectivity index (χ3v) is 7.16. The Labute approximate surface area is 238 Å². The Morgan fingerprint density at radius 1 is 0.805 bits per heavy atom. The molecule has 0 fully saturated rings. The number of carboxylic acids is 1. The van der Waals surface area contributed by atoms with Gasteiger partial charge in [0.05, 0.1) is 14.2 Å².